The highest BCUT2D eigenvalue weighted by molar-refractivity contribution is 5.93. The summed E-state index contributed by atoms with van der Waals surface area (Å²) in [7, 11) is 0. The second kappa shape index (κ2) is 5.50. The van der Waals surface area contributed by atoms with Crippen molar-refractivity contribution in [1.82, 2.24) is 15.3 Å². The Bertz CT molecular complexity index is 736. The lowest BCUT2D eigenvalue weighted by Gasteiger charge is -2.36. The summed E-state index contributed by atoms with van der Waals surface area (Å²) in [6, 6.07) is 3.76. The van der Waals surface area contributed by atoms with Gasteiger partial charge in [0.05, 0.1) is 0 Å². The first-order valence-electron chi connectivity index (χ1n) is 9.35. The van der Waals surface area contributed by atoms with E-state index in [1.54, 1.807) is 11.5 Å². The predicted octanol–water partition coefficient (Wildman–Crippen LogP) is 1.93. The van der Waals surface area contributed by atoms with Gasteiger partial charge in [0.25, 0.3) is 5.91 Å². The lowest BCUT2D eigenvalue weighted by atomic mass is 9.95. The third kappa shape index (κ3) is 2.50. The molecule has 2 heterocycles. The van der Waals surface area contributed by atoms with E-state index >= 15 is 0 Å². The van der Waals surface area contributed by atoms with Crippen LogP contribution in [0.4, 0.5) is 4.39 Å². The van der Waals surface area contributed by atoms with Crippen LogP contribution in [0.25, 0.3) is 0 Å². The van der Waals surface area contributed by atoms with E-state index in [0.717, 1.165) is 36.2 Å². The molecule has 1 saturated heterocycles. The summed E-state index contributed by atoms with van der Waals surface area (Å²) in [4.78, 5) is 16.8. The van der Waals surface area contributed by atoms with Gasteiger partial charge >= 0.3 is 0 Å². The molecule has 6 heteroatoms. The van der Waals surface area contributed by atoms with Crippen molar-refractivity contribution < 1.29 is 14.4 Å². The van der Waals surface area contributed by atoms with Gasteiger partial charge in [0.1, 0.15) is 5.82 Å². The summed E-state index contributed by atoms with van der Waals surface area (Å²) in [5.41, 5.74) is 3.76. The molecule has 0 spiro atoms. The number of hydrogen-bond acceptors (Lipinski definition) is 4. The molecule has 1 amide bonds. The van der Waals surface area contributed by atoms with E-state index in [4.69, 9.17) is 5.21 Å². The monoisotopic (exact) mass is 345 g/mol. The van der Waals surface area contributed by atoms with Crippen molar-refractivity contribution in [3.63, 3.8) is 0 Å². The van der Waals surface area contributed by atoms with Crippen molar-refractivity contribution in [2.45, 2.75) is 50.2 Å². The van der Waals surface area contributed by atoms with Gasteiger partial charge in [0, 0.05) is 36.8 Å². The van der Waals surface area contributed by atoms with E-state index in [2.05, 4.69) is 9.80 Å². The zero-order valence-electron chi connectivity index (χ0n) is 14.3. The summed E-state index contributed by atoms with van der Waals surface area (Å²) in [5, 5.41) is 8.81. The van der Waals surface area contributed by atoms with Gasteiger partial charge < -0.3 is 0 Å². The fourth-order valence-corrected chi connectivity index (χ4v) is 5.25. The van der Waals surface area contributed by atoms with Crippen molar-refractivity contribution in [1.29, 1.82) is 0 Å². The number of halogens is 1. The topological polar surface area (TPSA) is 55.8 Å². The minimum atomic E-state index is -0.657. The van der Waals surface area contributed by atoms with Crippen LogP contribution in [0.1, 0.15) is 47.2 Å². The Morgan fingerprint density at radius 1 is 1.32 bits per heavy atom. The highest BCUT2D eigenvalue weighted by Crippen LogP contribution is 2.59. The first-order chi connectivity index (χ1) is 12.1. The summed E-state index contributed by atoms with van der Waals surface area (Å²) >= 11 is 0. The van der Waals surface area contributed by atoms with Gasteiger partial charge in [-0.15, -0.1) is 0 Å². The maximum atomic E-state index is 14.3. The van der Waals surface area contributed by atoms with Crippen LogP contribution in [0.15, 0.2) is 12.1 Å². The van der Waals surface area contributed by atoms with Crippen molar-refractivity contribution in [2.75, 3.05) is 19.6 Å². The van der Waals surface area contributed by atoms with Crippen LogP contribution < -0.4 is 5.48 Å². The highest BCUT2D eigenvalue weighted by atomic mass is 19.1. The SMILES string of the molecule is O=C(NO)c1cc(F)c2c(c1)CN(CC13CC1CCN3C1CC1)CC2. The highest BCUT2D eigenvalue weighted by Gasteiger charge is 2.64. The molecule has 2 aliphatic carbocycles. The quantitative estimate of drug-likeness (QED) is 0.647. The number of rotatable bonds is 4. The van der Waals surface area contributed by atoms with Crippen molar-refractivity contribution in [3.8, 4) is 0 Å². The molecule has 5 rings (SSSR count). The van der Waals surface area contributed by atoms with Crippen molar-refractivity contribution >= 4 is 5.91 Å². The number of piperidine rings is 1. The number of likely N-dealkylation sites (tertiary alicyclic amines) is 1. The first-order valence-corrected chi connectivity index (χ1v) is 9.35. The molecule has 1 aromatic carbocycles. The fraction of sp³-hybridized carbons (Fsp3) is 0.632. The maximum Gasteiger partial charge on any atom is 0.274 e. The number of benzene rings is 1. The minimum absolute atomic E-state index is 0.184. The molecule has 2 N–H and O–H groups in total. The molecule has 0 bridgehead atoms. The van der Waals surface area contributed by atoms with Crippen LogP contribution >= 0.6 is 0 Å². The average molecular weight is 345 g/mol. The van der Waals surface area contributed by atoms with Gasteiger partial charge in [-0.3, -0.25) is 19.8 Å². The first kappa shape index (κ1) is 15.7. The number of nitrogens with one attached hydrogen (secondary N) is 1. The molecule has 0 aromatic heterocycles. The Kier molecular flexibility index (Phi) is 3.46. The third-order valence-corrected chi connectivity index (χ3v) is 6.70. The van der Waals surface area contributed by atoms with E-state index in [1.165, 1.54) is 38.3 Å². The minimum Gasteiger partial charge on any atom is -0.297 e. The summed E-state index contributed by atoms with van der Waals surface area (Å²) in [6.45, 7) is 3.87. The number of hydroxylamine groups is 1. The maximum absolute atomic E-state index is 14.3. The van der Waals surface area contributed by atoms with Gasteiger partial charge in [-0.05, 0) is 67.8 Å². The second-order valence-corrected chi connectivity index (χ2v) is 8.22. The average Bonchev–Trinajstić information content (AvgIpc) is 3.53. The summed E-state index contributed by atoms with van der Waals surface area (Å²) < 4.78 is 14.3. The van der Waals surface area contributed by atoms with Crippen LogP contribution in [0.3, 0.4) is 0 Å². The van der Waals surface area contributed by atoms with E-state index in [9.17, 15) is 9.18 Å². The second-order valence-electron chi connectivity index (χ2n) is 8.22. The molecule has 134 valence electrons. The Balaban J connectivity index is 1.36. The third-order valence-electron chi connectivity index (χ3n) is 6.70. The Hall–Kier alpha value is -1.50. The van der Waals surface area contributed by atoms with Crippen molar-refractivity contribution in [2.24, 2.45) is 5.92 Å². The Labute approximate surface area is 146 Å². The number of carbonyl (C=O) groups is 1. The van der Waals surface area contributed by atoms with E-state index in [-0.39, 0.29) is 11.4 Å². The molecule has 25 heavy (non-hydrogen) atoms. The van der Waals surface area contributed by atoms with Gasteiger partial charge in [-0.2, -0.15) is 0 Å². The normalized spacial score (nSPS) is 31.5. The van der Waals surface area contributed by atoms with E-state index < -0.39 is 5.91 Å². The molecule has 3 fully saturated rings. The lowest BCUT2D eigenvalue weighted by molar-refractivity contribution is 0.0705. The molecule has 2 atom stereocenters. The van der Waals surface area contributed by atoms with Gasteiger partial charge in [0.15, 0.2) is 0 Å². The fourth-order valence-electron chi connectivity index (χ4n) is 5.25. The summed E-state index contributed by atoms with van der Waals surface area (Å²) in [5.74, 6) is -0.146. The molecule has 0 radical (unpaired) electrons. The molecular weight excluding hydrogens is 321 g/mol. The number of carbonyl (C=O) groups excluding carboxylic acids is 1. The van der Waals surface area contributed by atoms with Crippen LogP contribution in [0.5, 0.6) is 0 Å². The van der Waals surface area contributed by atoms with Crippen LogP contribution in [-0.4, -0.2) is 52.1 Å². The van der Waals surface area contributed by atoms with Gasteiger partial charge in [-0.1, -0.05) is 0 Å². The number of hydrogen-bond donors (Lipinski definition) is 2. The smallest absolute Gasteiger partial charge is 0.274 e. The van der Waals surface area contributed by atoms with Crippen molar-refractivity contribution in [3.05, 3.63) is 34.6 Å². The van der Waals surface area contributed by atoms with E-state index in [1.807, 2.05) is 0 Å². The van der Waals surface area contributed by atoms with Crippen LogP contribution in [0.2, 0.25) is 0 Å². The lowest BCUT2D eigenvalue weighted by Crippen LogP contribution is -2.47. The summed E-state index contributed by atoms with van der Waals surface area (Å²) in [6.07, 6.45) is 6.03. The number of fused-ring (bicyclic) bond motifs is 2. The molecule has 2 saturated carbocycles. The molecule has 2 aliphatic heterocycles. The molecule has 5 nitrogen and oxygen atoms in total. The number of amides is 1. The Morgan fingerprint density at radius 2 is 2.16 bits per heavy atom. The van der Waals surface area contributed by atoms with Gasteiger partial charge in [-0.25, -0.2) is 9.87 Å². The standard InChI is InChI=1S/C19H24FN3O2/c20-17-8-12(18(24)21-25)7-13-10-22(5-4-16(13)17)11-19-9-14(19)3-6-23(19)15-1-2-15/h7-8,14-15,25H,1-6,9-11H2,(H,21,24). The zero-order chi connectivity index (χ0) is 17.2. The molecule has 4 aliphatic rings. The predicted molar refractivity (Wildman–Crippen MR) is 89.8 cm³/mol. The van der Waals surface area contributed by atoms with Gasteiger partial charge in [0.2, 0.25) is 0 Å². The number of nitrogens with zero attached hydrogens (tertiary/aromatic N) is 2. The Morgan fingerprint density at radius 3 is 2.88 bits per heavy atom. The largest absolute Gasteiger partial charge is 0.297 e. The zero-order valence-corrected chi connectivity index (χ0v) is 14.3. The molecular formula is C19H24FN3O2. The molecule has 1 aromatic rings. The van der Waals surface area contributed by atoms with E-state index in [0.29, 0.717) is 18.5 Å². The molecule has 2 unspecified atom stereocenters. The van der Waals surface area contributed by atoms with Crippen LogP contribution in [0, 0.1) is 11.7 Å². The van der Waals surface area contributed by atoms with Crippen LogP contribution in [-0.2, 0) is 13.0 Å².